The van der Waals surface area contributed by atoms with Gasteiger partial charge in [-0.25, -0.2) is 12.8 Å². The van der Waals surface area contributed by atoms with Gasteiger partial charge < -0.3 is 10.5 Å². The average Bonchev–Trinajstić information content (AvgIpc) is 2.51. The van der Waals surface area contributed by atoms with Crippen LogP contribution in [0.15, 0.2) is 27.6 Å². The number of hydrogen-bond donors (Lipinski definition) is 1. The minimum absolute atomic E-state index is 0. The molecule has 2 N–H and O–H groups in total. The molecule has 1 fully saturated rings. The summed E-state index contributed by atoms with van der Waals surface area (Å²) >= 11 is 3.02. The molecule has 0 aromatic heterocycles. The van der Waals surface area contributed by atoms with Crippen molar-refractivity contribution in [2.24, 2.45) is 5.73 Å². The molecule has 1 aromatic rings. The van der Waals surface area contributed by atoms with Crippen molar-refractivity contribution < 1.29 is 17.5 Å². The monoisotopic (exact) mass is 430 g/mol. The van der Waals surface area contributed by atoms with Crippen LogP contribution in [0.25, 0.3) is 0 Å². The third kappa shape index (κ3) is 5.37. The molecule has 5 nitrogen and oxygen atoms in total. The van der Waals surface area contributed by atoms with Gasteiger partial charge in [-0.15, -0.1) is 12.4 Å². The summed E-state index contributed by atoms with van der Waals surface area (Å²) in [6, 6.07) is 3.86. The molecule has 1 heterocycles. The largest absolute Gasteiger partial charge is 0.378 e. The van der Waals surface area contributed by atoms with Crippen molar-refractivity contribution in [3.63, 3.8) is 0 Å². The summed E-state index contributed by atoms with van der Waals surface area (Å²) in [5.74, 6) is -0.582. The summed E-state index contributed by atoms with van der Waals surface area (Å²) in [6.45, 7) is 1.95. The molecule has 0 spiro atoms. The third-order valence-electron chi connectivity index (χ3n) is 3.63. The second kappa shape index (κ2) is 9.29. The Labute approximate surface area is 151 Å². The first-order valence-corrected chi connectivity index (χ1v) is 9.45. The van der Waals surface area contributed by atoms with Crippen molar-refractivity contribution in [3.05, 3.63) is 28.5 Å². The van der Waals surface area contributed by atoms with Gasteiger partial charge >= 0.3 is 0 Å². The lowest BCUT2D eigenvalue weighted by molar-refractivity contribution is 0.0209. The first-order valence-electron chi connectivity index (χ1n) is 7.22. The molecule has 0 radical (unpaired) electrons. The summed E-state index contributed by atoms with van der Waals surface area (Å²) in [5.41, 5.74) is 5.41. The molecule has 9 heteroatoms. The molecule has 23 heavy (non-hydrogen) atoms. The SMILES string of the molecule is Cl.NCCCOC1CCN(S(=O)(=O)c2ccc(Br)c(F)c2)CC1. The first kappa shape index (κ1) is 20.8. The number of halogens is 3. The second-order valence-corrected chi connectivity index (χ2v) is 7.98. The fourth-order valence-electron chi connectivity index (χ4n) is 2.36. The molecule has 1 aliphatic heterocycles. The number of benzene rings is 1. The van der Waals surface area contributed by atoms with E-state index in [9.17, 15) is 12.8 Å². The molecule has 0 atom stereocenters. The number of sulfonamides is 1. The van der Waals surface area contributed by atoms with Gasteiger partial charge in [0, 0.05) is 19.7 Å². The number of nitrogens with two attached hydrogens (primary N) is 1. The van der Waals surface area contributed by atoms with E-state index in [1.165, 1.54) is 16.4 Å². The van der Waals surface area contributed by atoms with Crippen LogP contribution in [-0.4, -0.2) is 45.1 Å². The van der Waals surface area contributed by atoms with Crippen molar-refractivity contribution in [1.82, 2.24) is 4.31 Å². The van der Waals surface area contributed by atoms with Crippen LogP contribution in [0.1, 0.15) is 19.3 Å². The van der Waals surface area contributed by atoms with Crippen LogP contribution in [0.2, 0.25) is 0 Å². The molecule has 132 valence electrons. The Kier molecular flexibility index (Phi) is 8.40. The number of rotatable bonds is 6. The maximum Gasteiger partial charge on any atom is 0.243 e. The zero-order chi connectivity index (χ0) is 16.2. The lowest BCUT2D eigenvalue weighted by Crippen LogP contribution is -2.41. The van der Waals surface area contributed by atoms with Gasteiger partial charge in [0.05, 0.1) is 15.5 Å². The van der Waals surface area contributed by atoms with Crippen molar-refractivity contribution in [1.29, 1.82) is 0 Å². The van der Waals surface area contributed by atoms with E-state index in [0.29, 0.717) is 39.1 Å². The predicted molar refractivity (Wildman–Crippen MR) is 92.8 cm³/mol. The summed E-state index contributed by atoms with van der Waals surface area (Å²) in [6.07, 6.45) is 2.15. The zero-order valence-corrected chi connectivity index (χ0v) is 15.8. The molecule has 1 saturated heterocycles. The number of nitrogens with zero attached hydrogens (tertiary/aromatic N) is 1. The molecule has 0 amide bonds. The standard InChI is InChI=1S/C14H20BrFN2O3S.ClH/c15-13-3-2-12(10-14(13)16)22(19,20)18-7-4-11(5-8-18)21-9-1-6-17;/h2-3,10-11H,1,4-9,17H2;1H. The van der Waals surface area contributed by atoms with Gasteiger partial charge in [0.15, 0.2) is 0 Å². The maximum absolute atomic E-state index is 13.6. The highest BCUT2D eigenvalue weighted by molar-refractivity contribution is 9.10. The minimum atomic E-state index is -3.65. The Morgan fingerprint density at radius 3 is 2.57 bits per heavy atom. The normalized spacial score (nSPS) is 17.0. The Balaban J connectivity index is 0.00000264. The molecule has 2 rings (SSSR count). The maximum atomic E-state index is 13.6. The third-order valence-corrected chi connectivity index (χ3v) is 6.17. The summed E-state index contributed by atoms with van der Waals surface area (Å²) in [5, 5.41) is 0. The molecular weight excluding hydrogens is 411 g/mol. The van der Waals surface area contributed by atoms with Crippen LogP contribution in [0.5, 0.6) is 0 Å². The second-order valence-electron chi connectivity index (χ2n) is 5.19. The summed E-state index contributed by atoms with van der Waals surface area (Å²) in [7, 11) is -3.65. The number of hydrogen-bond acceptors (Lipinski definition) is 4. The lowest BCUT2D eigenvalue weighted by atomic mass is 10.1. The summed E-state index contributed by atoms with van der Waals surface area (Å²) < 4.78 is 45.9. The number of piperidine rings is 1. The smallest absolute Gasteiger partial charge is 0.243 e. The van der Waals surface area contributed by atoms with Gasteiger partial charge in [-0.3, -0.25) is 0 Å². The van der Waals surface area contributed by atoms with E-state index in [2.05, 4.69) is 15.9 Å². The molecule has 0 saturated carbocycles. The topological polar surface area (TPSA) is 72.6 Å². The Bertz CT molecular complexity index is 610. The first-order chi connectivity index (χ1) is 10.4. The fourth-order valence-corrected chi connectivity index (χ4v) is 4.09. The molecule has 1 aromatic carbocycles. The van der Waals surface area contributed by atoms with Crippen LogP contribution in [0.3, 0.4) is 0 Å². The Morgan fingerprint density at radius 2 is 2.00 bits per heavy atom. The van der Waals surface area contributed by atoms with E-state index >= 15 is 0 Å². The molecule has 1 aliphatic rings. The van der Waals surface area contributed by atoms with Crippen LogP contribution < -0.4 is 5.73 Å². The highest BCUT2D eigenvalue weighted by atomic mass is 79.9. The van der Waals surface area contributed by atoms with E-state index < -0.39 is 15.8 Å². The van der Waals surface area contributed by atoms with Crippen LogP contribution in [0, 0.1) is 5.82 Å². The van der Waals surface area contributed by atoms with Crippen molar-refractivity contribution in [3.8, 4) is 0 Å². The van der Waals surface area contributed by atoms with Gasteiger partial charge in [-0.05, 0) is 59.9 Å². The van der Waals surface area contributed by atoms with E-state index in [4.69, 9.17) is 10.5 Å². The van der Waals surface area contributed by atoms with Gasteiger partial charge in [0.1, 0.15) is 5.82 Å². The van der Waals surface area contributed by atoms with Crippen LogP contribution in [-0.2, 0) is 14.8 Å². The quantitative estimate of drug-likeness (QED) is 0.703. The lowest BCUT2D eigenvalue weighted by Gasteiger charge is -2.31. The molecule has 0 aliphatic carbocycles. The zero-order valence-electron chi connectivity index (χ0n) is 12.6. The van der Waals surface area contributed by atoms with Gasteiger partial charge in [-0.1, -0.05) is 0 Å². The highest BCUT2D eigenvalue weighted by Gasteiger charge is 2.30. The van der Waals surface area contributed by atoms with E-state index in [-0.39, 0.29) is 27.9 Å². The van der Waals surface area contributed by atoms with Gasteiger partial charge in [0.25, 0.3) is 0 Å². The van der Waals surface area contributed by atoms with E-state index in [1.54, 1.807) is 0 Å². The van der Waals surface area contributed by atoms with E-state index in [1.807, 2.05) is 0 Å². The highest BCUT2D eigenvalue weighted by Crippen LogP contribution is 2.25. The molecular formula is C14H21BrClFN2O3S. The van der Waals surface area contributed by atoms with Crippen molar-refractivity contribution in [2.45, 2.75) is 30.3 Å². The van der Waals surface area contributed by atoms with Gasteiger partial charge in [-0.2, -0.15) is 4.31 Å². The van der Waals surface area contributed by atoms with Gasteiger partial charge in [0.2, 0.25) is 10.0 Å². The number of ether oxygens (including phenoxy) is 1. The fraction of sp³-hybridized carbons (Fsp3) is 0.571. The predicted octanol–water partition coefficient (Wildman–Crippen LogP) is 2.53. The average molecular weight is 432 g/mol. The van der Waals surface area contributed by atoms with Crippen LogP contribution in [0.4, 0.5) is 4.39 Å². The van der Waals surface area contributed by atoms with Crippen LogP contribution >= 0.6 is 28.3 Å². The van der Waals surface area contributed by atoms with Crippen molar-refractivity contribution in [2.75, 3.05) is 26.2 Å². The van der Waals surface area contributed by atoms with Crippen molar-refractivity contribution >= 4 is 38.4 Å². The van der Waals surface area contributed by atoms with E-state index in [0.717, 1.165) is 12.5 Å². The Morgan fingerprint density at radius 1 is 1.35 bits per heavy atom. The molecule has 0 unspecified atom stereocenters. The molecule has 0 bridgehead atoms. The Hall–Kier alpha value is -0.250. The summed E-state index contributed by atoms with van der Waals surface area (Å²) in [4.78, 5) is -0.0179. The minimum Gasteiger partial charge on any atom is -0.378 e.